The number of halogens is 1. The number of H-pyrrole nitrogens is 1. The van der Waals surface area contributed by atoms with Gasteiger partial charge in [-0.2, -0.15) is 0 Å². The number of nitrogens with zero attached hydrogens (tertiary/aromatic N) is 1. The summed E-state index contributed by atoms with van der Waals surface area (Å²) in [6.45, 7) is 1.94. The van der Waals surface area contributed by atoms with Gasteiger partial charge in [0.1, 0.15) is 0 Å². The average Bonchev–Trinajstić information content (AvgIpc) is 2.90. The van der Waals surface area contributed by atoms with Gasteiger partial charge in [-0.05, 0) is 53.2 Å². The number of rotatable bonds is 4. The third-order valence-electron chi connectivity index (χ3n) is 3.40. The number of hydrazine groups is 1. The van der Waals surface area contributed by atoms with Crippen LogP contribution in [-0.4, -0.2) is 14.8 Å². The molecule has 1 aromatic heterocycles. The highest BCUT2D eigenvalue weighted by Crippen LogP contribution is 2.32. The first kappa shape index (κ1) is 15.2. The Labute approximate surface area is 138 Å². The summed E-state index contributed by atoms with van der Waals surface area (Å²) in [6, 6.07) is 7.85. The van der Waals surface area contributed by atoms with Crippen molar-refractivity contribution in [3.05, 3.63) is 64.2 Å². The normalized spacial score (nSPS) is 15.4. The fourth-order valence-corrected chi connectivity index (χ4v) is 3.19. The zero-order valence-corrected chi connectivity index (χ0v) is 13.6. The molecule has 2 aromatic rings. The van der Waals surface area contributed by atoms with E-state index in [0.717, 1.165) is 38.1 Å². The van der Waals surface area contributed by atoms with Crippen LogP contribution in [0.15, 0.2) is 64.2 Å². The second-order valence-electron chi connectivity index (χ2n) is 4.94. The van der Waals surface area contributed by atoms with Crippen LogP contribution in [0.1, 0.15) is 13.3 Å². The van der Waals surface area contributed by atoms with Crippen molar-refractivity contribution >= 4 is 40.1 Å². The Kier molecular flexibility index (Phi) is 4.59. The van der Waals surface area contributed by atoms with Crippen LogP contribution >= 0.6 is 23.5 Å². The first-order chi connectivity index (χ1) is 10.6. The molecule has 1 heterocycles. The van der Waals surface area contributed by atoms with Gasteiger partial charge in [-0.15, -0.1) is 0 Å². The van der Waals surface area contributed by atoms with Crippen LogP contribution in [0.2, 0.25) is 0 Å². The zero-order valence-electron chi connectivity index (χ0n) is 12.0. The summed E-state index contributed by atoms with van der Waals surface area (Å²) in [5.74, 6) is 0. The molecule has 114 valence electrons. The molecule has 1 aromatic carbocycles. The van der Waals surface area contributed by atoms with E-state index >= 15 is 0 Å². The molecule has 1 aliphatic carbocycles. The van der Waals surface area contributed by atoms with Crippen molar-refractivity contribution < 1.29 is 5.21 Å². The fourth-order valence-electron chi connectivity index (χ4n) is 2.19. The Morgan fingerprint density at radius 1 is 1.36 bits per heavy atom. The van der Waals surface area contributed by atoms with Crippen LogP contribution in [0.25, 0.3) is 10.9 Å². The van der Waals surface area contributed by atoms with Crippen molar-refractivity contribution in [2.24, 2.45) is 0 Å². The Bertz CT molecular complexity index is 779. The molecule has 0 unspecified atom stereocenters. The van der Waals surface area contributed by atoms with Gasteiger partial charge >= 0.3 is 0 Å². The minimum atomic E-state index is 0.692. The minimum absolute atomic E-state index is 0.692. The van der Waals surface area contributed by atoms with Crippen molar-refractivity contribution in [3.63, 3.8) is 0 Å². The number of hydrogen-bond acceptors (Lipinski definition) is 4. The summed E-state index contributed by atoms with van der Waals surface area (Å²) in [7, 11) is 0. The summed E-state index contributed by atoms with van der Waals surface area (Å²) in [5.41, 5.74) is 5.69. The van der Waals surface area contributed by atoms with E-state index in [1.165, 1.54) is 11.9 Å². The lowest BCUT2D eigenvalue weighted by Gasteiger charge is -2.18. The Morgan fingerprint density at radius 3 is 3.09 bits per heavy atom. The zero-order chi connectivity index (χ0) is 15.5. The van der Waals surface area contributed by atoms with Crippen LogP contribution in [-0.2, 0) is 0 Å². The van der Waals surface area contributed by atoms with Gasteiger partial charge in [-0.25, -0.2) is 0 Å². The van der Waals surface area contributed by atoms with Gasteiger partial charge in [0.2, 0.25) is 0 Å². The first-order valence-corrected chi connectivity index (χ1v) is 8.03. The van der Waals surface area contributed by atoms with E-state index in [9.17, 15) is 5.21 Å². The van der Waals surface area contributed by atoms with E-state index in [2.05, 4.69) is 10.4 Å². The van der Waals surface area contributed by atoms with Crippen molar-refractivity contribution in [2.45, 2.75) is 13.3 Å². The van der Waals surface area contributed by atoms with Crippen molar-refractivity contribution in [1.29, 1.82) is 0 Å². The Hall–Kier alpha value is -1.66. The van der Waals surface area contributed by atoms with Crippen molar-refractivity contribution in [2.75, 3.05) is 5.43 Å². The van der Waals surface area contributed by atoms with Crippen molar-refractivity contribution in [1.82, 2.24) is 9.56 Å². The van der Waals surface area contributed by atoms with E-state index in [-0.39, 0.29) is 0 Å². The molecule has 0 aliphatic heterocycles. The number of benzene rings is 1. The molecule has 0 fully saturated rings. The van der Waals surface area contributed by atoms with Crippen LogP contribution in [0.3, 0.4) is 0 Å². The molecule has 0 bridgehead atoms. The number of allylic oxidation sites excluding steroid dienone is 5. The van der Waals surface area contributed by atoms with Gasteiger partial charge in [0, 0.05) is 33.6 Å². The average molecular weight is 334 g/mol. The molecule has 0 amide bonds. The van der Waals surface area contributed by atoms with Gasteiger partial charge < -0.3 is 4.98 Å². The number of anilines is 1. The van der Waals surface area contributed by atoms with Crippen molar-refractivity contribution in [3.8, 4) is 0 Å². The van der Waals surface area contributed by atoms with E-state index in [0.29, 0.717) is 5.03 Å². The number of nitrogens with one attached hydrogen (secondary N) is 2. The summed E-state index contributed by atoms with van der Waals surface area (Å²) in [6.07, 6.45) is 8.59. The highest BCUT2D eigenvalue weighted by molar-refractivity contribution is 8.01. The third kappa shape index (κ3) is 3.39. The molecule has 22 heavy (non-hydrogen) atoms. The Balaban J connectivity index is 1.70. The first-order valence-electron chi connectivity index (χ1n) is 6.88. The topological polar surface area (TPSA) is 51.3 Å². The molecule has 3 rings (SSSR count). The summed E-state index contributed by atoms with van der Waals surface area (Å²) in [5, 5.41) is 11.9. The van der Waals surface area contributed by atoms with Gasteiger partial charge in [0.25, 0.3) is 0 Å². The van der Waals surface area contributed by atoms with Crippen LogP contribution < -0.4 is 5.43 Å². The quantitative estimate of drug-likeness (QED) is 0.532. The predicted octanol–water partition coefficient (Wildman–Crippen LogP) is 5.19. The minimum Gasteiger partial charge on any atom is -0.361 e. The van der Waals surface area contributed by atoms with Gasteiger partial charge in [0.15, 0.2) is 0 Å². The third-order valence-corrected chi connectivity index (χ3v) is 4.74. The largest absolute Gasteiger partial charge is 0.361 e. The molecule has 4 nitrogen and oxygen atoms in total. The van der Waals surface area contributed by atoms with E-state index in [4.69, 9.17) is 11.6 Å². The smallest absolute Gasteiger partial charge is 0.0542 e. The Morgan fingerprint density at radius 2 is 2.23 bits per heavy atom. The molecule has 0 radical (unpaired) electrons. The van der Waals surface area contributed by atoms with E-state index in [1.807, 2.05) is 55.6 Å². The molecule has 0 spiro atoms. The highest BCUT2D eigenvalue weighted by atomic mass is 35.5. The molecule has 3 N–H and O–H groups in total. The van der Waals surface area contributed by atoms with Crippen LogP contribution in [0, 0.1) is 0 Å². The highest BCUT2D eigenvalue weighted by Gasteiger charge is 2.12. The van der Waals surface area contributed by atoms with Crippen LogP contribution in [0.4, 0.5) is 5.69 Å². The number of fused-ring (bicyclic) bond motifs is 1. The van der Waals surface area contributed by atoms with E-state index in [1.54, 1.807) is 0 Å². The summed E-state index contributed by atoms with van der Waals surface area (Å²) in [4.78, 5) is 4.07. The molecular weight excluding hydrogens is 318 g/mol. The van der Waals surface area contributed by atoms with Gasteiger partial charge in [-0.1, -0.05) is 29.8 Å². The second-order valence-corrected chi connectivity index (χ2v) is 6.31. The number of aromatic nitrogens is 1. The molecule has 1 aliphatic rings. The van der Waals surface area contributed by atoms with Gasteiger partial charge in [-0.3, -0.25) is 10.6 Å². The maximum Gasteiger partial charge on any atom is 0.0542 e. The lowest BCUT2D eigenvalue weighted by Crippen LogP contribution is -2.18. The monoisotopic (exact) mass is 333 g/mol. The lowest BCUT2D eigenvalue weighted by molar-refractivity contribution is 0.0446. The maximum atomic E-state index is 10.1. The van der Waals surface area contributed by atoms with Gasteiger partial charge in [0.05, 0.1) is 5.69 Å². The van der Waals surface area contributed by atoms with E-state index < -0.39 is 0 Å². The molecule has 0 atom stereocenters. The molecule has 0 saturated heterocycles. The molecular formula is C16H16ClN3OS. The lowest BCUT2D eigenvalue weighted by atomic mass is 10.2. The number of hydrogen-bond donors (Lipinski definition) is 3. The SMILES string of the molecule is CC1=C(Cl)C=CCC=C1SN(O)Nc1ccc2cc[nH]c2c1. The fraction of sp³-hybridized carbons (Fsp3) is 0.125. The summed E-state index contributed by atoms with van der Waals surface area (Å²) >= 11 is 7.37. The van der Waals surface area contributed by atoms with Crippen LogP contribution in [0.5, 0.6) is 0 Å². The molecule has 6 heteroatoms. The second kappa shape index (κ2) is 6.62. The predicted molar refractivity (Wildman–Crippen MR) is 93.5 cm³/mol. The summed E-state index contributed by atoms with van der Waals surface area (Å²) < 4.78 is 0.995. The number of aromatic amines is 1. The molecule has 0 saturated carbocycles. The standard InChI is InChI=1S/C16H16ClN3OS/c1-11-14(17)4-2-3-5-16(11)22-20(21)19-13-7-6-12-8-9-18-15(12)10-13/h2,4-10,18-19,21H,3H2,1H3. The maximum absolute atomic E-state index is 10.1.